The molecule has 29 heavy (non-hydrogen) atoms. The summed E-state index contributed by atoms with van der Waals surface area (Å²) in [5.74, 6) is -0.379. The van der Waals surface area contributed by atoms with E-state index in [0.717, 1.165) is 24.4 Å². The number of Topliss-reactive ketones (excluding diaryl/α,β-unsaturated/α-hetero) is 2. The lowest BCUT2D eigenvalue weighted by Gasteiger charge is -2.11. The number of rotatable bonds is 10. The summed E-state index contributed by atoms with van der Waals surface area (Å²) in [4.78, 5) is 35.9. The Bertz CT molecular complexity index is 912. The summed E-state index contributed by atoms with van der Waals surface area (Å²) >= 11 is 0. The van der Waals surface area contributed by atoms with Crippen molar-refractivity contribution < 1.29 is 28.6 Å². The van der Waals surface area contributed by atoms with E-state index in [1.54, 1.807) is 18.2 Å². The van der Waals surface area contributed by atoms with Crippen LogP contribution in [-0.2, 0) is 16.1 Å². The van der Waals surface area contributed by atoms with Crippen molar-refractivity contribution >= 4 is 17.5 Å². The van der Waals surface area contributed by atoms with Crippen LogP contribution in [0.3, 0.4) is 0 Å². The first-order chi connectivity index (χ1) is 13.8. The SMILES string of the molecule is CCCn1c(C)cc(C(=O)COC(=O)COc2ccc(C(C)=O)cc2OC)c1C. The van der Waals surface area contributed by atoms with E-state index in [1.165, 1.54) is 14.0 Å². The second-order valence-corrected chi connectivity index (χ2v) is 6.73. The third-order valence-electron chi connectivity index (χ3n) is 4.60. The Morgan fingerprint density at radius 2 is 1.76 bits per heavy atom. The van der Waals surface area contributed by atoms with Crippen LogP contribution in [0.25, 0.3) is 0 Å². The third kappa shape index (κ3) is 5.47. The van der Waals surface area contributed by atoms with Gasteiger partial charge in [-0.1, -0.05) is 6.92 Å². The van der Waals surface area contributed by atoms with Gasteiger partial charge in [-0.05, 0) is 51.5 Å². The number of hydrogen-bond acceptors (Lipinski definition) is 6. The van der Waals surface area contributed by atoms with E-state index in [2.05, 4.69) is 11.5 Å². The molecule has 0 aliphatic rings. The van der Waals surface area contributed by atoms with E-state index in [-0.39, 0.29) is 24.8 Å². The summed E-state index contributed by atoms with van der Waals surface area (Å²) in [6, 6.07) is 6.50. The average molecular weight is 401 g/mol. The Balaban J connectivity index is 1.93. The van der Waals surface area contributed by atoms with Gasteiger partial charge in [-0.2, -0.15) is 0 Å². The average Bonchev–Trinajstić information content (AvgIpc) is 2.98. The van der Waals surface area contributed by atoms with Gasteiger partial charge in [0.15, 0.2) is 30.5 Å². The molecule has 2 rings (SSSR count). The minimum atomic E-state index is -0.668. The molecule has 0 aliphatic carbocycles. The van der Waals surface area contributed by atoms with Gasteiger partial charge in [0.2, 0.25) is 5.78 Å². The Kier molecular flexibility index (Phi) is 7.59. The van der Waals surface area contributed by atoms with E-state index in [0.29, 0.717) is 22.6 Å². The molecule has 0 atom stereocenters. The van der Waals surface area contributed by atoms with Crippen LogP contribution < -0.4 is 9.47 Å². The van der Waals surface area contributed by atoms with Gasteiger partial charge < -0.3 is 18.8 Å². The van der Waals surface area contributed by atoms with Crippen molar-refractivity contribution in [2.24, 2.45) is 0 Å². The van der Waals surface area contributed by atoms with E-state index >= 15 is 0 Å². The van der Waals surface area contributed by atoms with E-state index < -0.39 is 5.97 Å². The molecule has 7 heteroatoms. The fourth-order valence-corrected chi connectivity index (χ4v) is 3.06. The molecule has 0 fully saturated rings. The molecule has 1 aromatic carbocycles. The number of aryl methyl sites for hydroxylation is 1. The van der Waals surface area contributed by atoms with Crippen LogP contribution in [0.15, 0.2) is 24.3 Å². The second kappa shape index (κ2) is 9.91. The maximum atomic E-state index is 12.4. The summed E-state index contributed by atoms with van der Waals surface area (Å²) in [5, 5.41) is 0. The summed E-state index contributed by atoms with van der Waals surface area (Å²) in [6.45, 7) is 7.47. The first-order valence-electron chi connectivity index (χ1n) is 9.45. The lowest BCUT2D eigenvalue weighted by molar-refractivity contribution is -0.144. The second-order valence-electron chi connectivity index (χ2n) is 6.73. The highest BCUT2D eigenvalue weighted by Crippen LogP contribution is 2.28. The predicted octanol–water partition coefficient (Wildman–Crippen LogP) is 3.53. The molecule has 1 aromatic heterocycles. The maximum absolute atomic E-state index is 12.4. The fraction of sp³-hybridized carbons (Fsp3) is 0.409. The van der Waals surface area contributed by atoms with Gasteiger partial charge in [0.05, 0.1) is 7.11 Å². The van der Waals surface area contributed by atoms with Crippen LogP contribution in [0.2, 0.25) is 0 Å². The van der Waals surface area contributed by atoms with Gasteiger partial charge in [0, 0.05) is 29.1 Å². The summed E-state index contributed by atoms with van der Waals surface area (Å²) in [6.07, 6.45) is 0.965. The number of ketones is 2. The highest BCUT2D eigenvalue weighted by Gasteiger charge is 2.18. The molecule has 0 aliphatic heterocycles. The molecular formula is C22H27NO6. The molecule has 0 spiro atoms. The van der Waals surface area contributed by atoms with Crippen molar-refractivity contribution in [3.63, 3.8) is 0 Å². The number of methoxy groups -OCH3 is 1. The van der Waals surface area contributed by atoms with Crippen LogP contribution >= 0.6 is 0 Å². The highest BCUT2D eigenvalue weighted by atomic mass is 16.6. The van der Waals surface area contributed by atoms with Gasteiger partial charge in [-0.25, -0.2) is 4.79 Å². The van der Waals surface area contributed by atoms with Gasteiger partial charge in [0.25, 0.3) is 0 Å². The number of aromatic nitrogens is 1. The minimum Gasteiger partial charge on any atom is -0.493 e. The van der Waals surface area contributed by atoms with Crippen molar-refractivity contribution in [3.05, 3.63) is 46.8 Å². The van der Waals surface area contributed by atoms with E-state index in [1.807, 2.05) is 19.9 Å². The zero-order valence-corrected chi connectivity index (χ0v) is 17.5. The maximum Gasteiger partial charge on any atom is 0.344 e. The predicted molar refractivity (Wildman–Crippen MR) is 108 cm³/mol. The number of carbonyl (C=O) groups is 3. The van der Waals surface area contributed by atoms with Crippen molar-refractivity contribution in [2.45, 2.75) is 40.7 Å². The van der Waals surface area contributed by atoms with Crippen LogP contribution in [0, 0.1) is 13.8 Å². The molecule has 0 N–H and O–H groups in total. The first kappa shape index (κ1) is 22.2. The lowest BCUT2D eigenvalue weighted by Crippen LogP contribution is -2.20. The van der Waals surface area contributed by atoms with Gasteiger partial charge in [-0.15, -0.1) is 0 Å². The van der Waals surface area contributed by atoms with Gasteiger partial charge >= 0.3 is 5.97 Å². The molecule has 0 saturated heterocycles. The monoisotopic (exact) mass is 401 g/mol. The van der Waals surface area contributed by atoms with Gasteiger partial charge in [0.1, 0.15) is 0 Å². The summed E-state index contributed by atoms with van der Waals surface area (Å²) in [7, 11) is 1.44. The molecule has 1 heterocycles. The standard InChI is InChI=1S/C22H27NO6/c1-6-9-23-14(2)10-18(15(23)3)19(25)12-29-22(26)13-28-20-8-7-17(16(4)24)11-21(20)27-5/h7-8,10-11H,6,9,12-13H2,1-5H3. The molecule has 156 valence electrons. The molecular weight excluding hydrogens is 374 g/mol. The van der Waals surface area contributed by atoms with Crippen molar-refractivity contribution in [2.75, 3.05) is 20.3 Å². The lowest BCUT2D eigenvalue weighted by atomic mass is 10.1. The molecule has 7 nitrogen and oxygen atoms in total. The molecule has 0 saturated carbocycles. The van der Waals surface area contributed by atoms with E-state index in [4.69, 9.17) is 14.2 Å². The van der Waals surface area contributed by atoms with Crippen molar-refractivity contribution in [1.82, 2.24) is 4.57 Å². The number of hydrogen-bond donors (Lipinski definition) is 0. The number of carbonyl (C=O) groups excluding carboxylic acids is 3. The number of ether oxygens (including phenoxy) is 3. The minimum absolute atomic E-state index is 0.105. The largest absolute Gasteiger partial charge is 0.493 e. The number of benzene rings is 1. The normalized spacial score (nSPS) is 10.5. The zero-order chi connectivity index (χ0) is 21.6. The number of esters is 1. The van der Waals surface area contributed by atoms with Crippen molar-refractivity contribution in [3.8, 4) is 11.5 Å². The van der Waals surface area contributed by atoms with Crippen LogP contribution in [-0.4, -0.2) is 42.4 Å². The fourth-order valence-electron chi connectivity index (χ4n) is 3.06. The van der Waals surface area contributed by atoms with Crippen LogP contribution in [0.5, 0.6) is 11.5 Å². The first-order valence-corrected chi connectivity index (χ1v) is 9.45. The Morgan fingerprint density at radius 1 is 1.03 bits per heavy atom. The third-order valence-corrected chi connectivity index (χ3v) is 4.60. The number of nitrogens with zero attached hydrogens (tertiary/aromatic N) is 1. The molecule has 2 aromatic rings. The highest BCUT2D eigenvalue weighted by molar-refractivity contribution is 5.99. The Hall–Kier alpha value is -3.09. The Morgan fingerprint density at radius 3 is 2.38 bits per heavy atom. The Labute approximate surface area is 170 Å². The topological polar surface area (TPSA) is 83.8 Å². The molecule has 0 unspecified atom stereocenters. The summed E-state index contributed by atoms with van der Waals surface area (Å²) < 4.78 is 17.7. The van der Waals surface area contributed by atoms with Crippen LogP contribution in [0.4, 0.5) is 0 Å². The smallest absolute Gasteiger partial charge is 0.344 e. The van der Waals surface area contributed by atoms with E-state index in [9.17, 15) is 14.4 Å². The summed E-state index contributed by atoms with van der Waals surface area (Å²) in [5.41, 5.74) is 2.91. The van der Waals surface area contributed by atoms with Gasteiger partial charge in [-0.3, -0.25) is 9.59 Å². The molecule has 0 radical (unpaired) electrons. The molecule has 0 amide bonds. The molecule has 0 bridgehead atoms. The van der Waals surface area contributed by atoms with Crippen LogP contribution in [0.1, 0.15) is 52.4 Å². The quantitative estimate of drug-likeness (QED) is 0.447. The zero-order valence-electron chi connectivity index (χ0n) is 17.5. The van der Waals surface area contributed by atoms with Crippen molar-refractivity contribution in [1.29, 1.82) is 0 Å².